The average molecular weight is 464 g/mol. The first-order chi connectivity index (χ1) is 14.7. The molecule has 0 spiro atoms. The van der Waals surface area contributed by atoms with Gasteiger partial charge in [0.15, 0.2) is 0 Å². The summed E-state index contributed by atoms with van der Waals surface area (Å²) in [5.41, 5.74) is 2.44. The summed E-state index contributed by atoms with van der Waals surface area (Å²) in [4.78, 5) is 33.3. The molecular formula is C22H26ClN3O4S. The van der Waals surface area contributed by atoms with Crippen LogP contribution >= 0.6 is 22.9 Å². The molecule has 1 aromatic heterocycles. The monoisotopic (exact) mass is 463 g/mol. The van der Waals surface area contributed by atoms with Crippen molar-refractivity contribution >= 4 is 40.6 Å². The Morgan fingerprint density at radius 3 is 2.84 bits per heavy atom. The van der Waals surface area contributed by atoms with Crippen LogP contribution in [0.3, 0.4) is 0 Å². The highest BCUT2D eigenvalue weighted by Crippen LogP contribution is 2.47. The molecule has 31 heavy (non-hydrogen) atoms. The van der Waals surface area contributed by atoms with Crippen LogP contribution in [0.25, 0.3) is 10.4 Å². The van der Waals surface area contributed by atoms with Gasteiger partial charge in [0.25, 0.3) is 0 Å². The Bertz CT molecular complexity index is 1040. The third-order valence-electron chi connectivity index (χ3n) is 6.08. The summed E-state index contributed by atoms with van der Waals surface area (Å²) in [5, 5.41) is 13.5. The van der Waals surface area contributed by atoms with Crippen molar-refractivity contribution in [2.75, 3.05) is 18.4 Å². The number of carbonyl (C=O) groups excluding carboxylic acids is 1. The van der Waals surface area contributed by atoms with Gasteiger partial charge in [-0.1, -0.05) is 25.4 Å². The Morgan fingerprint density at radius 1 is 1.39 bits per heavy atom. The quantitative estimate of drug-likeness (QED) is 0.566. The molecule has 9 heteroatoms. The van der Waals surface area contributed by atoms with Gasteiger partial charge >= 0.3 is 12.0 Å². The van der Waals surface area contributed by atoms with Gasteiger partial charge in [0.05, 0.1) is 28.8 Å². The fourth-order valence-corrected chi connectivity index (χ4v) is 5.88. The van der Waals surface area contributed by atoms with E-state index in [4.69, 9.17) is 22.3 Å². The number of aryl methyl sites for hydroxylation is 1. The number of hydrogen-bond acceptors (Lipinski definition) is 5. The van der Waals surface area contributed by atoms with E-state index in [1.165, 1.54) is 11.3 Å². The van der Waals surface area contributed by atoms with E-state index in [9.17, 15) is 14.7 Å². The second-order valence-electron chi connectivity index (χ2n) is 8.97. The molecule has 7 nitrogen and oxygen atoms in total. The first kappa shape index (κ1) is 22.1. The Morgan fingerprint density at radius 2 is 2.16 bits per heavy atom. The standard InChI is InChI=1S/C22H26ClN3O4S/c1-22(2)7-5-17-15(10-22)18(20(27)28)19(31-17)14-9-12(23)3-4-16(14)25-21(29)26-8-6-13(11-26)30-24/h3-4,9,13H,5-8,10-11,24H2,1-2H3,(H,25,29)(H,27,28)/t13-/m1/s1. The number of halogens is 1. The molecule has 0 radical (unpaired) electrons. The zero-order valence-corrected chi connectivity index (χ0v) is 19.1. The lowest BCUT2D eigenvalue weighted by Gasteiger charge is -2.29. The van der Waals surface area contributed by atoms with E-state index in [1.54, 1.807) is 23.1 Å². The van der Waals surface area contributed by atoms with E-state index >= 15 is 0 Å². The first-order valence-electron chi connectivity index (χ1n) is 10.3. The molecule has 2 aliphatic rings. The van der Waals surface area contributed by atoms with Crippen LogP contribution in [-0.4, -0.2) is 41.2 Å². The molecule has 1 saturated heterocycles. The Kier molecular flexibility index (Phi) is 6.00. The third kappa shape index (κ3) is 4.43. The summed E-state index contributed by atoms with van der Waals surface area (Å²) in [7, 11) is 0. The topological polar surface area (TPSA) is 105 Å². The van der Waals surface area contributed by atoms with Crippen LogP contribution in [0.15, 0.2) is 18.2 Å². The number of benzene rings is 1. The van der Waals surface area contributed by atoms with Crippen molar-refractivity contribution in [3.05, 3.63) is 39.2 Å². The number of aromatic carboxylic acids is 1. The molecular weight excluding hydrogens is 438 g/mol. The number of nitrogens with two attached hydrogens (primary N) is 1. The third-order valence-corrected chi connectivity index (χ3v) is 7.64. The van der Waals surface area contributed by atoms with Gasteiger partial charge < -0.3 is 15.3 Å². The van der Waals surface area contributed by atoms with E-state index < -0.39 is 5.97 Å². The summed E-state index contributed by atoms with van der Waals surface area (Å²) >= 11 is 7.77. The molecule has 2 aromatic rings. The zero-order valence-electron chi connectivity index (χ0n) is 17.5. The number of fused-ring (bicyclic) bond motifs is 1. The molecule has 1 aliphatic heterocycles. The van der Waals surface area contributed by atoms with Gasteiger partial charge in [-0.15, -0.1) is 11.3 Å². The highest BCUT2D eigenvalue weighted by molar-refractivity contribution is 7.16. The second kappa shape index (κ2) is 8.43. The summed E-state index contributed by atoms with van der Waals surface area (Å²) in [6, 6.07) is 4.86. The van der Waals surface area contributed by atoms with E-state index in [2.05, 4.69) is 19.2 Å². The molecule has 4 N–H and O–H groups in total. The van der Waals surface area contributed by atoms with E-state index in [0.29, 0.717) is 46.2 Å². The number of urea groups is 1. The van der Waals surface area contributed by atoms with Crippen molar-refractivity contribution in [1.82, 2.24) is 4.90 Å². The Labute approximate surface area is 190 Å². The smallest absolute Gasteiger partial charge is 0.337 e. The minimum atomic E-state index is -0.954. The predicted octanol–water partition coefficient (Wildman–Crippen LogP) is 4.78. The summed E-state index contributed by atoms with van der Waals surface area (Å²) in [6.45, 7) is 5.28. The highest BCUT2D eigenvalue weighted by Gasteiger charge is 2.34. The number of nitrogens with zero attached hydrogens (tertiary/aromatic N) is 1. The van der Waals surface area contributed by atoms with E-state index in [1.807, 2.05) is 0 Å². The second-order valence-corrected chi connectivity index (χ2v) is 10.5. The molecule has 1 fully saturated rings. The number of likely N-dealkylation sites (tertiary alicyclic amines) is 1. The Hall–Kier alpha value is -2.13. The number of nitrogens with one attached hydrogen (secondary N) is 1. The molecule has 0 unspecified atom stereocenters. The van der Waals surface area contributed by atoms with Crippen molar-refractivity contribution in [3.63, 3.8) is 0 Å². The van der Waals surface area contributed by atoms with E-state index in [-0.39, 0.29) is 17.6 Å². The van der Waals surface area contributed by atoms with Gasteiger partial charge in [0.1, 0.15) is 0 Å². The molecule has 1 atom stereocenters. The van der Waals surface area contributed by atoms with Crippen molar-refractivity contribution in [2.45, 2.75) is 45.6 Å². The highest BCUT2D eigenvalue weighted by atomic mass is 35.5. The van der Waals surface area contributed by atoms with Gasteiger partial charge in [-0.05, 0) is 54.9 Å². The summed E-state index contributed by atoms with van der Waals surface area (Å²) in [5.74, 6) is 4.30. The van der Waals surface area contributed by atoms with Crippen LogP contribution in [0.2, 0.25) is 5.02 Å². The zero-order chi connectivity index (χ0) is 22.3. The molecule has 2 amide bonds. The minimum Gasteiger partial charge on any atom is -0.478 e. The lowest BCUT2D eigenvalue weighted by Crippen LogP contribution is -2.34. The van der Waals surface area contributed by atoms with Crippen molar-refractivity contribution in [3.8, 4) is 10.4 Å². The summed E-state index contributed by atoms with van der Waals surface area (Å²) < 4.78 is 0. The lowest BCUT2D eigenvalue weighted by atomic mass is 9.76. The first-order valence-corrected chi connectivity index (χ1v) is 11.5. The van der Waals surface area contributed by atoms with Crippen LogP contribution in [0.5, 0.6) is 0 Å². The van der Waals surface area contributed by atoms with Crippen molar-refractivity contribution < 1.29 is 19.5 Å². The van der Waals surface area contributed by atoms with Crippen molar-refractivity contribution in [1.29, 1.82) is 0 Å². The lowest BCUT2D eigenvalue weighted by molar-refractivity contribution is 0.0621. The Balaban J connectivity index is 1.72. The number of rotatable bonds is 4. The molecule has 2 heterocycles. The van der Waals surface area contributed by atoms with Gasteiger partial charge in [-0.2, -0.15) is 0 Å². The van der Waals surface area contributed by atoms with Crippen LogP contribution in [0.4, 0.5) is 10.5 Å². The average Bonchev–Trinajstić information content (AvgIpc) is 3.32. The van der Waals surface area contributed by atoms with Gasteiger partial charge in [-0.25, -0.2) is 15.5 Å². The predicted molar refractivity (Wildman–Crippen MR) is 122 cm³/mol. The molecule has 1 aromatic carbocycles. The number of hydrogen-bond donors (Lipinski definition) is 3. The number of carboxylic acid groups (broad SMARTS) is 1. The van der Waals surface area contributed by atoms with Gasteiger partial charge in [0, 0.05) is 22.0 Å². The van der Waals surface area contributed by atoms with Gasteiger partial charge in [0.2, 0.25) is 0 Å². The fourth-order valence-electron chi connectivity index (χ4n) is 4.37. The normalized spacial score (nSPS) is 19.9. The molecule has 0 bridgehead atoms. The maximum Gasteiger partial charge on any atom is 0.337 e. The number of carbonyl (C=O) groups is 2. The maximum absolute atomic E-state index is 12.8. The van der Waals surface area contributed by atoms with Crippen molar-refractivity contribution in [2.24, 2.45) is 11.3 Å². The largest absolute Gasteiger partial charge is 0.478 e. The molecule has 1 aliphatic carbocycles. The number of amides is 2. The van der Waals surface area contributed by atoms with Crippen LogP contribution in [0, 0.1) is 5.41 Å². The molecule has 0 saturated carbocycles. The minimum absolute atomic E-state index is 0.0538. The van der Waals surface area contributed by atoms with Crippen LogP contribution in [0.1, 0.15) is 47.5 Å². The van der Waals surface area contributed by atoms with E-state index in [0.717, 1.165) is 29.7 Å². The number of carboxylic acids is 1. The number of thiophene rings is 1. The molecule has 4 rings (SSSR count). The van der Waals surface area contributed by atoms with Gasteiger partial charge in [-0.3, -0.25) is 4.84 Å². The van der Waals surface area contributed by atoms with Crippen LogP contribution in [-0.2, 0) is 17.7 Å². The SMILES string of the molecule is CC1(C)CCc2sc(-c3cc(Cl)ccc3NC(=O)N3CC[C@@H](ON)C3)c(C(=O)O)c2C1. The fraction of sp³-hybridized carbons (Fsp3) is 0.455. The molecule has 166 valence electrons. The maximum atomic E-state index is 12.8. The summed E-state index contributed by atoms with van der Waals surface area (Å²) in [6.07, 6.45) is 3.08. The number of anilines is 1. The van der Waals surface area contributed by atoms with Crippen LogP contribution < -0.4 is 11.2 Å².